The van der Waals surface area contributed by atoms with Crippen LogP contribution in [0.5, 0.6) is 0 Å². The zero-order valence-corrected chi connectivity index (χ0v) is 9.46. The normalized spacial score (nSPS) is 8.69. The molecule has 0 bridgehead atoms. The van der Waals surface area contributed by atoms with Crippen LogP contribution in [0.4, 0.5) is 5.69 Å². The molecule has 0 saturated carbocycles. The number of anilines is 1. The quantitative estimate of drug-likeness (QED) is 0.672. The Balaban J connectivity index is 0.000000671. The molecule has 0 fully saturated rings. The maximum absolute atomic E-state index is 2.23. The summed E-state index contributed by atoms with van der Waals surface area (Å²) in [5.41, 5.74) is 2.62. The summed E-state index contributed by atoms with van der Waals surface area (Å²) in [7, 11) is 2.11. The Bertz CT molecular complexity index is 230. The number of aryl methyl sites for hydroxylation is 1. The maximum atomic E-state index is 2.23. The fourth-order valence-electron chi connectivity index (χ4n) is 1.05. The van der Waals surface area contributed by atoms with Crippen molar-refractivity contribution in [1.29, 1.82) is 0 Å². The Labute approximate surface area is 82.4 Å². The molecule has 0 unspecified atom stereocenters. The minimum Gasteiger partial charge on any atom is -0.375 e. The summed E-state index contributed by atoms with van der Waals surface area (Å²) in [5.74, 6) is 0. The van der Waals surface area contributed by atoms with Crippen molar-refractivity contribution in [1.82, 2.24) is 0 Å². The highest BCUT2D eigenvalue weighted by Crippen LogP contribution is 2.13. The van der Waals surface area contributed by atoms with Gasteiger partial charge in [0.05, 0.1) is 0 Å². The van der Waals surface area contributed by atoms with Gasteiger partial charge in [0.1, 0.15) is 0 Å². The SMILES string of the molecule is CC.CCN(C)c1cccc(C)c1. The largest absolute Gasteiger partial charge is 0.375 e. The lowest BCUT2D eigenvalue weighted by Crippen LogP contribution is -2.15. The molecule has 1 rings (SSSR count). The van der Waals surface area contributed by atoms with Gasteiger partial charge >= 0.3 is 0 Å². The second-order valence-corrected chi connectivity index (χ2v) is 2.85. The number of rotatable bonds is 2. The van der Waals surface area contributed by atoms with E-state index in [9.17, 15) is 0 Å². The summed E-state index contributed by atoms with van der Waals surface area (Å²) < 4.78 is 0. The van der Waals surface area contributed by atoms with Gasteiger partial charge in [0.2, 0.25) is 0 Å². The first-order valence-electron chi connectivity index (χ1n) is 5.02. The van der Waals surface area contributed by atoms with Crippen LogP contribution >= 0.6 is 0 Å². The molecular weight excluding hydrogens is 158 g/mol. The molecular formula is C12H21N. The van der Waals surface area contributed by atoms with Crippen LogP contribution in [0.25, 0.3) is 0 Å². The van der Waals surface area contributed by atoms with E-state index in [1.54, 1.807) is 0 Å². The molecule has 1 aromatic carbocycles. The van der Waals surface area contributed by atoms with Crippen molar-refractivity contribution in [3.8, 4) is 0 Å². The van der Waals surface area contributed by atoms with Gasteiger partial charge < -0.3 is 4.90 Å². The molecule has 0 saturated heterocycles. The number of benzene rings is 1. The van der Waals surface area contributed by atoms with Crippen molar-refractivity contribution in [3.05, 3.63) is 29.8 Å². The van der Waals surface area contributed by atoms with Gasteiger partial charge in [0.25, 0.3) is 0 Å². The molecule has 74 valence electrons. The molecule has 0 aliphatic carbocycles. The van der Waals surface area contributed by atoms with Gasteiger partial charge in [-0.15, -0.1) is 0 Å². The Morgan fingerprint density at radius 3 is 2.31 bits per heavy atom. The van der Waals surface area contributed by atoms with Gasteiger partial charge in [-0.25, -0.2) is 0 Å². The minimum atomic E-state index is 1.06. The smallest absolute Gasteiger partial charge is 0.0366 e. The van der Waals surface area contributed by atoms with Crippen molar-refractivity contribution in [3.63, 3.8) is 0 Å². The van der Waals surface area contributed by atoms with Gasteiger partial charge in [-0.05, 0) is 31.5 Å². The third-order valence-corrected chi connectivity index (χ3v) is 1.92. The van der Waals surface area contributed by atoms with E-state index >= 15 is 0 Å². The van der Waals surface area contributed by atoms with Crippen LogP contribution in [-0.4, -0.2) is 13.6 Å². The first-order chi connectivity index (χ1) is 6.24. The maximum Gasteiger partial charge on any atom is 0.0366 e. The lowest BCUT2D eigenvalue weighted by molar-refractivity contribution is 0.967. The van der Waals surface area contributed by atoms with Crippen LogP contribution in [0.15, 0.2) is 24.3 Å². The van der Waals surface area contributed by atoms with E-state index in [4.69, 9.17) is 0 Å². The Kier molecular flexibility index (Phi) is 6.03. The van der Waals surface area contributed by atoms with Crippen LogP contribution in [0.3, 0.4) is 0 Å². The van der Waals surface area contributed by atoms with Crippen molar-refractivity contribution in [2.75, 3.05) is 18.5 Å². The lowest BCUT2D eigenvalue weighted by atomic mass is 10.2. The predicted molar refractivity (Wildman–Crippen MR) is 61.5 cm³/mol. The molecule has 0 amide bonds. The van der Waals surface area contributed by atoms with E-state index < -0.39 is 0 Å². The third kappa shape index (κ3) is 3.97. The van der Waals surface area contributed by atoms with E-state index in [1.807, 2.05) is 13.8 Å². The second-order valence-electron chi connectivity index (χ2n) is 2.85. The van der Waals surface area contributed by atoms with E-state index in [2.05, 4.69) is 50.1 Å². The molecule has 0 aromatic heterocycles. The molecule has 0 spiro atoms. The second kappa shape index (κ2) is 6.53. The summed E-state index contributed by atoms with van der Waals surface area (Å²) in [6.45, 7) is 9.33. The lowest BCUT2D eigenvalue weighted by Gasteiger charge is -2.16. The first-order valence-corrected chi connectivity index (χ1v) is 5.02. The van der Waals surface area contributed by atoms with Crippen molar-refractivity contribution in [2.24, 2.45) is 0 Å². The van der Waals surface area contributed by atoms with E-state index in [-0.39, 0.29) is 0 Å². The van der Waals surface area contributed by atoms with Crippen molar-refractivity contribution in [2.45, 2.75) is 27.7 Å². The van der Waals surface area contributed by atoms with Gasteiger partial charge in [0.15, 0.2) is 0 Å². The summed E-state index contributed by atoms with van der Waals surface area (Å²) in [4.78, 5) is 2.23. The summed E-state index contributed by atoms with van der Waals surface area (Å²) in [6.07, 6.45) is 0. The average Bonchev–Trinajstić information content (AvgIpc) is 2.20. The summed E-state index contributed by atoms with van der Waals surface area (Å²) in [6, 6.07) is 8.55. The number of hydrogen-bond acceptors (Lipinski definition) is 1. The average molecular weight is 179 g/mol. The number of nitrogens with zero attached hydrogens (tertiary/aromatic N) is 1. The van der Waals surface area contributed by atoms with E-state index in [1.165, 1.54) is 11.3 Å². The highest BCUT2D eigenvalue weighted by Gasteiger charge is 1.95. The van der Waals surface area contributed by atoms with E-state index in [0.29, 0.717) is 0 Å². The zero-order valence-electron chi connectivity index (χ0n) is 9.46. The molecule has 0 heterocycles. The van der Waals surface area contributed by atoms with Crippen molar-refractivity contribution >= 4 is 5.69 Å². The third-order valence-electron chi connectivity index (χ3n) is 1.92. The van der Waals surface area contributed by atoms with Gasteiger partial charge in [-0.3, -0.25) is 0 Å². The van der Waals surface area contributed by atoms with Crippen molar-refractivity contribution < 1.29 is 0 Å². The predicted octanol–water partition coefficient (Wildman–Crippen LogP) is 3.48. The van der Waals surface area contributed by atoms with Gasteiger partial charge in [-0.1, -0.05) is 26.0 Å². The first kappa shape index (κ1) is 12.0. The van der Waals surface area contributed by atoms with Gasteiger partial charge in [0, 0.05) is 19.3 Å². The minimum absolute atomic E-state index is 1.06. The van der Waals surface area contributed by atoms with E-state index in [0.717, 1.165) is 6.54 Å². The van der Waals surface area contributed by atoms with Crippen LogP contribution in [-0.2, 0) is 0 Å². The van der Waals surface area contributed by atoms with Gasteiger partial charge in [-0.2, -0.15) is 0 Å². The zero-order chi connectivity index (χ0) is 10.3. The molecule has 0 aliphatic rings. The molecule has 1 heteroatoms. The molecule has 0 radical (unpaired) electrons. The standard InChI is InChI=1S/C10H15N.C2H6/c1-4-11(3)10-7-5-6-9(2)8-10;1-2/h5-8H,4H2,1-3H3;1-2H3. The monoisotopic (exact) mass is 179 g/mol. The Morgan fingerprint density at radius 1 is 1.23 bits per heavy atom. The Morgan fingerprint density at radius 2 is 1.85 bits per heavy atom. The highest BCUT2D eigenvalue weighted by atomic mass is 15.1. The number of hydrogen-bond donors (Lipinski definition) is 0. The van der Waals surface area contributed by atoms with Crippen LogP contribution in [0.2, 0.25) is 0 Å². The molecule has 0 N–H and O–H groups in total. The van der Waals surface area contributed by atoms with Crippen LogP contribution in [0.1, 0.15) is 26.3 Å². The topological polar surface area (TPSA) is 3.24 Å². The Hall–Kier alpha value is -0.980. The molecule has 0 atom stereocenters. The summed E-state index contributed by atoms with van der Waals surface area (Å²) >= 11 is 0. The van der Waals surface area contributed by atoms with Crippen LogP contribution < -0.4 is 4.90 Å². The highest BCUT2D eigenvalue weighted by molar-refractivity contribution is 5.47. The fraction of sp³-hybridized carbons (Fsp3) is 0.500. The molecule has 1 aromatic rings. The molecule has 1 nitrogen and oxygen atoms in total. The van der Waals surface area contributed by atoms with Crippen LogP contribution in [0, 0.1) is 6.92 Å². The summed E-state index contributed by atoms with van der Waals surface area (Å²) in [5, 5.41) is 0. The fourth-order valence-corrected chi connectivity index (χ4v) is 1.05. The molecule has 0 aliphatic heterocycles. The molecule has 13 heavy (non-hydrogen) atoms.